The molecule has 0 saturated heterocycles. The molecule has 0 aromatic heterocycles. The second-order valence-corrected chi connectivity index (χ2v) is 14.3. The van der Waals surface area contributed by atoms with Crippen molar-refractivity contribution in [2.45, 2.75) is 156 Å². The summed E-state index contributed by atoms with van der Waals surface area (Å²) < 4.78 is 10.7. The number of carbonyl (C=O) groups excluding carboxylic acids is 2. The highest BCUT2D eigenvalue weighted by molar-refractivity contribution is 5.69. The first kappa shape index (κ1) is 42.6. The predicted octanol–water partition coefficient (Wildman–Crippen LogP) is 9.96. The smallest absolute Gasteiger partial charge is 0.305 e. The standard InChI is InChI=1S/C32H54O6.C8H10O2/c1-7-9-11-13-21-37-29(35)17-15-19-31(3,4)25-23-28(34)26(24-27(25)33)32(5,6)20-16-18-30(36)38-22-14-12-10-8-2;1-5-3-8(10)6(2)4-7(5)9/h23-24,33-34H,7-22H2,1-6H3;3-4,9-10H,1-2H3. The lowest BCUT2D eigenvalue weighted by atomic mass is 9.75. The molecule has 8 heteroatoms. The minimum absolute atomic E-state index is 0.140. The molecule has 272 valence electrons. The van der Waals surface area contributed by atoms with Gasteiger partial charge in [0.2, 0.25) is 0 Å². The lowest BCUT2D eigenvalue weighted by molar-refractivity contribution is -0.144. The van der Waals surface area contributed by atoms with Gasteiger partial charge in [0.1, 0.15) is 23.0 Å². The molecule has 2 aromatic carbocycles. The summed E-state index contributed by atoms with van der Waals surface area (Å²) in [4.78, 5) is 24.1. The van der Waals surface area contributed by atoms with E-state index < -0.39 is 10.8 Å². The number of ether oxygens (including phenoxy) is 2. The van der Waals surface area contributed by atoms with Crippen molar-refractivity contribution in [1.29, 1.82) is 0 Å². The first-order valence-corrected chi connectivity index (χ1v) is 17.9. The van der Waals surface area contributed by atoms with Gasteiger partial charge in [-0.15, -0.1) is 0 Å². The van der Waals surface area contributed by atoms with E-state index in [0.29, 0.717) is 74.0 Å². The van der Waals surface area contributed by atoms with Gasteiger partial charge in [0, 0.05) is 24.0 Å². The van der Waals surface area contributed by atoms with Gasteiger partial charge >= 0.3 is 11.9 Å². The van der Waals surface area contributed by atoms with Gasteiger partial charge < -0.3 is 29.9 Å². The highest BCUT2D eigenvalue weighted by atomic mass is 16.5. The van der Waals surface area contributed by atoms with Gasteiger partial charge in [-0.2, -0.15) is 0 Å². The molecule has 0 unspecified atom stereocenters. The van der Waals surface area contributed by atoms with E-state index in [1.165, 1.54) is 0 Å². The van der Waals surface area contributed by atoms with Crippen LogP contribution in [0.5, 0.6) is 23.0 Å². The zero-order valence-corrected chi connectivity index (χ0v) is 31.0. The normalized spacial score (nSPS) is 11.5. The van der Waals surface area contributed by atoms with Crippen LogP contribution < -0.4 is 0 Å². The van der Waals surface area contributed by atoms with Gasteiger partial charge in [-0.05, 0) is 98.6 Å². The summed E-state index contributed by atoms with van der Waals surface area (Å²) in [5.74, 6) is 0.385. The molecule has 0 amide bonds. The number of rotatable bonds is 20. The summed E-state index contributed by atoms with van der Waals surface area (Å²) in [6.07, 6.45) is 11.9. The Morgan fingerprint density at radius 1 is 0.542 bits per heavy atom. The number of unbranched alkanes of at least 4 members (excludes halogenated alkanes) is 6. The Kier molecular flexibility index (Phi) is 19.1. The van der Waals surface area contributed by atoms with Crippen LogP contribution in [0.15, 0.2) is 24.3 Å². The Labute approximate surface area is 289 Å². The zero-order valence-electron chi connectivity index (χ0n) is 31.0. The fourth-order valence-corrected chi connectivity index (χ4v) is 5.64. The summed E-state index contributed by atoms with van der Waals surface area (Å²) in [7, 11) is 0. The Bertz CT molecular complexity index is 1140. The molecule has 0 atom stereocenters. The third-order valence-electron chi connectivity index (χ3n) is 8.97. The highest BCUT2D eigenvalue weighted by Crippen LogP contribution is 2.43. The van der Waals surface area contributed by atoms with Crippen molar-refractivity contribution >= 4 is 11.9 Å². The van der Waals surface area contributed by atoms with E-state index in [4.69, 9.17) is 19.7 Å². The summed E-state index contributed by atoms with van der Waals surface area (Å²) in [5, 5.41) is 40.0. The fraction of sp³-hybridized carbons (Fsp3) is 0.650. The van der Waals surface area contributed by atoms with E-state index in [2.05, 4.69) is 13.8 Å². The molecule has 0 fully saturated rings. The van der Waals surface area contributed by atoms with E-state index in [0.717, 1.165) is 51.4 Å². The SMILES string of the molecule is CCCCCCOC(=O)CCCC(C)(C)c1cc(O)c(C(C)(C)CCCC(=O)OCCCCCC)cc1O.Cc1cc(O)c(C)cc1O. The number of carbonyl (C=O) groups is 2. The lowest BCUT2D eigenvalue weighted by Crippen LogP contribution is -2.21. The van der Waals surface area contributed by atoms with Crippen molar-refractivity contribution in [3.63, 3.8) is 0 Å². The third-order valence-corrected chi connectivity index (χ3v) is 8.97. The third kappa shape index (κ3) is 15.7. The molecule has 48 heavy (non-hydrogen) atoms. The number of aryl methyl sites for hydroxylation is 2. The average molecular weight is 673 g/mol. The van der Waals surface area contributed by atoms with Crippen LogP contribution in [0.2, 0.25) is 0 Å². The monoisotopic (exact) mass is 672 g/mol. The molecule has 0 bridgehead atoms. The summed E-state index contributed by atoms with van der Waals surface area (Å²) >= 11 is 0. The van der Waals surface area contributed by atoms with Gasteiger partial charge in [0.25, 0.3) is 0 Å². The molecule has 2 rings (SSSR count). The summed E-state index contributed by atoms with van der Waals surface area (Å²) in [6, 6.07) is 6.40. The maximum atomic E-state index is 12.1. The molecular formula is C40H64O8. The van der Waals surface area contributed by atoms with Crippen LogP contribution in [-0.4, -0.2) is 45.6 Å². The van der Waals surface area contributed by atoms with Crippen molar-refractivity contribution in [2.24, 2.45) is 0 Å². The van der Waals surface area contributed by atoms with E-state index in [-0.39, 0.29) is 34.9 Å². The number of aromatic hydroxyl groups is 4. The number of esters is 2. The molecule has 0 aliphatic heterocycles. The van der Waals surface area contributed by atoms with Crippen LogP contribution in [0.3, 0.4) is 0 Å². The fourth-order valence-electron chi connectivity index (χ4n) is 5.64. The van der Waals surface area contributed by atoms with Gasteiger partial charge in [-0.1, -0.05) is 80.1 Å². The quantitative estimate of drug-likeness (QED) is 0.0620. The highest BCUT2D eigenvalue weighted by Gasteiger charge is 2.30. The Morgan fingerprint density at radius 2 is 0.896 bits per heavy atom. The van der Waals surface area contributed by atoms with Gasteiger partial charge in [-0.25, -0.2) is 0 Å². The number of benzene rings is 2. The van der Waals surface area contributed by atoms with Gasteiger partial charge in [-0.3, -0.25) is 9.59 Å². The van der Waals surface area contributed by atoms with Crippen molar-refractivity contribution in [3.8, 4) is 23.0 Å². The largest absolute Gasteiger partial charge is 0.508 e. The van der Waals surface area contributed by atoms with Crippen LogP contribution in [-0.2, 0) is 29.9 Å². The van der Waals surface area contributed by atoms with Gasteiger partial charge in [0.15, 0.2) is 0 Å². The van der Waals surface area contributed by atoms with Crippen LogP contribution in [0, 0.1) is 13.8 Å². The molecule has 0 radical (unpaired) electrons. The van der Waals surface area contributed by atoms with E-state index in [9.17, 15) is 19.8 Å². The molecule has 0 saturated carbocycles. The van der Waals surface area contributed by atoms with Crippen molar-refractivity contribution in [2.75, 3.05) is 13.2 Å². The molecule has 2 aromatic rings. The van der Waals surface area contributed by atoms with Crippen LogP contribution in [0.4, 0.5) is 0 Å². The Hall–Kier alpha value is -3.42. The summed E-state index contributed by atoms with van der Waals surface area (Å²) in [5.41, 5.74) is 1.87. The molecule has 0 aliphatic rings. The molecule has 4 N–H and O–H groups in total. The Balaban J connectivity index is 0.000000975. The van der Waals surface area contributed by atoms with Crippen molar-refractivity contribution < 1.29 is 39.5 Å². The van der Waals surface area contributed by atoms with Crippen LogP contribution in [0.1, 0.15) is 154 Å². The second-order valence-electron chi connectivity index (χ2n) is 14.3. The number of hydrogen-bond donors (Lipinski definition) is 4. The molecular weight excluding hydrogens is 608 g/mol. The number of hydrogen-bond acceptors (Lipinski definition) is 8. The minimum atomic E-state index is -0.424. The molecule has 0 heterocycles. The van der Waals surface area contributed by atoms with E-state index in [1.807, 2.05) is 27.7 Å². The molecule has 0 aliphatic carbocycles. The van der Waals surface area contributed by atoms with Gasteiger partial charge in [0.05, 0.1) is 13.2 Å². The van der Waals surface area contributed by atoms with Crippen molar-refractivity contribution in [1.82, 2.24) is 0 Å². The molecule has 8 nitrogen and oxygen atoms in total. The zero-order chi connectivity index (χ0) is 36.3. The number of phenolic OH excluding ortho intramolecular Hbond substituents is 4. The molecule has 0 spiro atoms. The average Bonchev–Trinajstić information content (AvgIpc) is 3.01. The van der Waals surface area contributed by atoms with Crippen molar-refractivity contribution in [3.05, 3.63) is 46.5 Å². The van der Waals surface area contributed by atoms with E-state index >= 15 is 0 Å². The maximum Gasteiger partial charge on any atom is 0.305 e. The van der Waals surface area contributed by atoms with Crippen LogP contribution >= 0.6 is 0 Å². The predicted molar refractivity (Wildman–Crippen MR) is 193 cm³/mol. The Morgan fingerprint density at radius 3 is 1.23 bits per heavy atom. The summed E-state index contributed by atoms with van der Waals surface area (Å²) in [6.45, 7) is 16.8. The van der Waals surface area contributed by atoms with E-state index in [1.54, 1.807) is 38.1 Å². The second kappa shape index (κ2) is 21.5. The number of phenols is 4. The first-order chi connectivity index (χ1) is 22.5. The maximum absolute atomic E-state index is 12.1. The first-order valence-electron chi connectivity index (χ1n) is 17.9. The minimum Gasteiger partial charge on any atom is -0.508 e. The topological polar surface area (TPSA) is 134 Å². The van der Waals surface area contributed by atoms with Crippen LogP contribution in [0.25, 0.3) is 0 Å². The lowest BCUT2D eigenvalue weighted by Gasteiger charge is -2.30.